The average Bonchev–Trinajstić information content (AvgIpc) is 3.06. The summed E-state index contributed by atoms with van der Waals surface area (Å²) in [6.45, 7) is 0.812. The van der Waals surface area contributed by atoms with Crippen molar-refractivity contribution in [1.29, 1.82) is 0 Å². The van der Waals surface area contributed by atoms with Gasteiger partial charge in [-0.25, -0.2) is 0 Å². The van der Waals surface area contributed by atoms with Gasteiger partial charge in [0.25, 0.3) is 17.7 Å². The van der Waals surface area contributed by atoms with Crippen LogP contribution in [-0.2, 0) is 29.2 Å². The zero-order valence-corrected chi connectivity index (χ0v) is 19.6. The number of imide groups is 1. The minimum atomic E-state index is -0.547. The molecule has 0 spiro atoms. The highest BCUT2D eigenvalue weighted by atomic mass is 35.5. The van der Waals surface area contributed by atoms with E-state index in [1.54, 1.807) is 48.5 Å². The number of halogens is 2. The number of rotatable bonds is 8. The van der Waals surface area contributed by atoms with E-state index in [0.717, 1.165) is 21.6 Å². The number of nitrogens with one attached hydrogen (secondary N) is 2. The van der Waals surface area contributed by atoms with E-state index in [9.17, 15) is 14.4 Å². The van der Waals surface area contributed by atoms with E-state index < -0.39 is 11.8 Å². The minimum Gasteiger partial charge on any atom is -0.375 e. The van der Waals surface area contributed by atoms with Crippen LogP contribution < -0.4 is 10.6 Å². The number of nitrogens with zero attached hydrogens (tertiary/aromatic N) is 1. The Balaban J connectivity index is 1.33. The van der Waals surface area contributed by atoms with E-state index in [1.165, 1.54) is 0 Å². The Hall–Kier alpha value is -3.61. The summed E-state index contributed by atoms with van der Waals surface area (Å²) < 4.78 is 0. The van der Waals surface area contributed by atoms with Crippen molar-refractivity contribution in [3.63, 3.8) is 0 Å². The summed E-state index contributed by atoms with van der Waals surface area (Å²) in [5.74, 6) is -1.21. The van der Waals surface area contributed by atoms with Gasteiger partial charge in [0, 0.05) is 23.7 Å². The van der Waals surface area contributed by atoms with Gasteiger partial charge >= 0.3 is 0 Å². The van der Waals surface area contributed by atoms with Crippen LogP contribution in [0, 0.1) is 0 Å². The number of hydrogen-bond acceptors (Lipinski definition) is 4. The second-order valence-electron chi connectivity index (χ2n) is 7.73. The molecular weight excluding hydrogens is 473 g/mol. The molecule has 0 saturated heterocycles. The Kier molecular flexibility index (Phi) is 7.30. The number of carbonyl (C=O) groups is 3. The fraction of sp³-hybridized carbons (Fsp3) is 0.115. The standard InChI is InChI=1S/C26H21Cl2N3O3/c27-21-12-8-19(9-13-21)16-31-25(33)22(28)23(26(31)34)29-14-18-6-10-20(11-7-18)24(32)30-15-17-4-2-1-3-5-17/h1-13,29H,14-16H2,(H,30,32). The molecular formula is C26H21Cl2N3O3. The maximum Gasteiger partial charge on any atom is 0.278 e. The second kappa shape index (κ2) is 10.5. The summed E-state index contributed by atoms with van der Waals surface area (Å²) in [6, 6.07) is 23.5. The van der Waals surface area contributed by atoms with E-state index in [-0.39, 0.29) is 29.7 Å². The third-order valence-electron chi connectivity index (χ3n) is 5.35. The predicted molar refractivity (Wildman–Crippen MR) is 131 cm³/mol. The zero-order chi connectivity index (χ0) is 24.1. The Morgan fingerprint density at radius 1 is 0.735 bits per heavy atom. The second-order valence-corrected chi connectivity index (χ2v) is 8.55. The fourth-order valence-electron chi connectivity index (χ4n) is 3.46. The van der Waals surface area contributed by atoms with Crippen molar-refractivity contribution < 1.29 is 14.4 Å². The van der Waals surface area contributed by atoms with Gasteiger partial charge in [-0.3, -0.25) is 19.3 Å². The number of amides is 3. The molecule has 0 unspecified atom stereocenters. The fourth-order valence-corrected chi connectivity index (χ4v) is 3.84. The summed E-state index contributed by atoms with van der Waals surface area (Å²) >= 11 is 12.0. The quantitative estimate of drug-likeness (QED) is 0.456. The van der Waals surface area contributed by atoms with Gasteiger partial charge in [0.15, 0.2) is 0 Å². The van der Waals surface area contributed by atoms with Crippen LogP contribution in [-0.4, -0.2) is 22.6 Å². The molecule has 2 N–H and O–H groups in total. The minimum absolute atomic E-state index is 0.0605. The molecule has 1 aliphatic rings. The van der Waals surface area contributed by atoms with E-state index in [2.05, 4.69) is 10.6 Å². The molecule has 0 radical (unpaired) electrons. The molecule has 8 heteroatoms. The first kappa shape index (κ1) is 23.5. The molecule has 6 nitrogen and oxygen atoms in total. The molecule has 172 valence electrons. The monoisotopic (exact) mass is 493 g/mol. The largest absolute Gasteiger partial charge is 0.375 e. The number of hydrogen-bond donors (Lipinski definition) is 2. The summed E-state index contributed by atoms with van der Waals surface area (Å²) in [6.07, 6.45) is 0. The molecule has 1 aliphatic heterocycles. The molecule has 0 atom stereocenters. The smallest absolute Gasteiger partial charge is 0.278 e. The van der Waals surface area contributed by atoms with Crippen LogP contribution in [0.1, 0.15) is 27.0 Å². The molecule has 0 fully saturated rings. The van der Waals surface area contributed by atoms with Crippen LogP contribution in [0.25, 0.3) is 0 Å². The number of benzene rings is 3. The summed E-state index contributed by atoms with van der Waals surface area (Å²) in [5.41, 5.74) is 3.19. The molecule has 3 aromatic rings. The van der Waals surface area contributed by atoms with Crippen molar-refractivity contribution in [1.82, 2.24) is 15.5 Å². The van der Waals surface area contributed by atoms with Gasteiger partial charge in [-0.15, -0.1) is 0 Å². The van der Waals surface area contributed by atoms with Gasteiger partial charge in [0.2, 0.25) is 0 Å². The van der Waals surface area contributed by atoms with E-state index >= 15 is 0 Å². The molecule has 34 heavy (non-hydrogen) atoms. The van der Waals surface area contributed by atoms with Gasteiger partial charge in [-0.05, 0) is 41.0 Å². The molecule has 0 saturated carbocycles. The lowest BCUT2D eigenvalue weighted by Crippen LogP contribution is -2.33. The molecule has 3 amide bonds. The van der Waals surface area contributed by atoms with Gasteiger partial charge in [-0.2, -0.15) is 0 Å². The normalized spacial score (nSPS) is 13.4. The summed E-state index contributed by atoms with van der Waals surface area (Å²) in [5, 5.41) is 6.27. The molecule has 0 aromatic heterocycles. The highest BCUT2D eigenvalue weighted by Gasteiger charge is 2.37. The van der Waals surface area contributed by atoms with Crippen molar-refractivity contribution in [2.75, 3.05) is 0 Å². The van der Waals surface area contributed by atoms with E-state index in [0.29, 0.717) is 17.1 Å². The van der Waals surface area contributed by atoms with Crippen LogP contribution >= 0.6 is 23.2 Å². The first-order chi connectivity index (χ1) is 16.4. The van der Waals surface area contributed by atoms with E-state index in [1.807, 2.05) is 30.3 Å². The van der Waals surface area contributed by atoms with Crippen molar-refractivity contribution in [3.8, 4) is 0 Å². The maximum absolute atomic E-state index is 12.8. The van der Waals surface area contributed by atoms with Crippen molar-refractivity contribution in [3.05, 3.63) is 117 Å². The SMILES string of the molecule is O=C(NCc1ccccc1)c1ccc(CNC2=C(Cl)C(=O)N(Cc3ccc(Cl)cc3)C2=O)cc1. The highest BCUT2D eigenvalue weighted by Crippen LogP contribution is 2.25. The first-order valence-electron chi connectivity index (χ1n) is 10.6. The Bertz CT molecular complexity index is 1240. The van der Waals surface area contributed by atoms with Gasteiger partial charge in [0.05, 0.1) is 6.54 Å². The van der Waals surface area contributed by atoms with E-state index in [4.69, 9.17) is 23.2 Å². The predicted octanol–water partition coefficient (Wildman–Crippen LogP) is 4.38. The Morgan fingerprint density at radius 3 is 2.03 bits per heavy atom. The third-order valence-corrected chi connectivity index (χ3v) is 5.95. The molecule has 0 aliphatic carbocycles. The Labute approximate surface area is 207 Å². The summed E-state index contributed by atoms with van der Waals surface area (Å²) in [4.78, 5) is 38.7. The lowest BCUT2D eigenvalue weighted by molar-refractivity contribution is -0.138. The molecule has 3 aromatic carbocycles. The van der Waals surface area contributed by atoms with Crippen LogP contribution in [0.4, 0.5) is 0 Å². The van der Waals surface area contributed by atoms with Gasteiger partial charge < -0.3 is 10.6 Å². The molecule has 0 bridgehead atoms. The molecule has 1 heterocycles. The van der Waals surface area contributed by atoms with Gasteiger partial charge in [0.1, 0.15) is 10.7 Å². The maximum atomic E-state index is 12.8. The van der Waals surface area contributed by atoms with Crippen LogP contribution in [0.3, 0.4) is 0 Å². The first-order valence-corrected chi connectivity index (χ1v) is 11.3. The lowest BCUT2D eigenvalue weighted by Gasteiger charge is -2.15. The average molecular weight is 494 g/mol. The molecule has 4 rings (SSSR count). The highest BCUT2D eigenvalue weighted by molar-refractivity contribution is 6.47. The van der Waals surface area contributed by atoms with Crippen molar-refractivity contribution in [2.24, 2.45) is 0 Å². The van der Waals surface area contributed by atoms with Crippen LogP contribution in [0.15, 0.2) is 89.6 Å². The van der Waals surface area contributed by atoms with Crippen molar-refractivity contribution >= 4 is 40.9 Å². The third kappa shape index (κ3) is 5.47. The number of carbonyl (C=O) groups excluding carboxylic acids is 3. The van der Waals surface area contributed by atoms with Gasteiger partial charge in [-0.1, -0.05) is 77.8 Å². The lowest BCUT2D eigenvalue weighted by atomic mass is 10.1. The zero-order valence-electron chi connectivity index (χ0n) is 18.1. The summed E-state index contributed by atoms with van der Waals surface area (Å²) in [7, 11) is 0. The topological polar surface area (TPSA) is 78.5 Å². The van der Waals surface area contributed by atoms with Crippen LogP contribution in [0.2, 0.25) is 5.02 Å². The van der Waals surface area contributed by atoms with Crippen LogP contribution in [0.5, 0.6) is 0 Å². The Morgan fingerprint density at radius 2 is 1.35 bits per heavy atom. The van der Waals surface area contributed by atoms with Crippen molar-refractivity contribution in [2.45, 2.75) is 19.6 Å².